The maximum atomic E-state index is 13.9. The smallest absolute Gasteiger partial charge is 0.256 e. The van der Waals surface area contributed by atoms with Gasteiger partial charge < -0.3 is 29.0 Å². The Kier molecular flexibility index (Phi) is 4.28. The lowest BCUT2D eigenvalue weighted by molar-refractivity contribution is -0.229. The molecular weight excluding hydrogens is 364 g/mol. The van der Waals surface area contributed by atoms with E-state index in [0.29, 0.717) is 0 Å². The van der Waals surface area contributed by atoms with Crippen LogP contribution in [-0.4, -0.2) is 48.2 Å². The zero-order valence-electron chi connectivity index (χ0n) is 15.3. The van der Waals surface area contributed by atoms with Gasteiger partial charge in [-0.3, -0.25) is 4.79 Å². The van der Waals surface area contributed by atoms with Crippen molar-refractivity contribution in [2.45, 2.75) is 70.0 Å². The second kappa shape index (κ2) is 6.18. The lowest BCUT2D eigenvalue weighted by Crippen LogP contribution is -2.58. The molecule has 3 saturated heterocycles. The number of hydrogen-bond acceptors (Lipinski definition) is 6. The fourth-order valence-corrected chi connectivity index (χ4v) is 3.62. The molecule has 148 valence electrons. The van der Waals surface area contributed by atoms with Gasteiger partial charge in [-0.1, -0.05) is 0 Å². The standard InChI is InChI=1S/C18H21F2NO6/c1-17(2)24-11-12(25-17)14-16(27-18(3,4)26-14)23-13(11)15(22)21-10-7-8(19)5-6-9(10)20/h5-7,11-14,16H,1-4H3,(H,21,22)/t11-,12-,13+,14+,16+/m1/s1. The van der Waals surface area contributed by atoms with Gasteiger partial charge in [0, 0.05) is 6.07 Å². The molecule has 0 unspecified atom stereocenters. The van der Waals surface area contributed by atoms with Crippen molar-refractivity contribution in [2.24, 2.45) is 0 Å². The third kappa shape index (κ3) is 3.45. The molecule has 0 saturated carbocycles. The maximum absolute atomic E-state index is 13.9. The SMILES string of the molecule is CC1(C)O[C@@H]2O[C@H](C(=O)Nc3cc(F)ccc3F)[C@@H]3OC(C)(C)O[C@H]3[C@@H]2O1. The fourth-order valence-electron chi connectivity index (χ4n) is 3.62. The molecular formula is C18H21F2NO6. The number of nitrogens with one attached hydrogen (secondary N) is 1. The van der Waals surface area contributed by atoms with E-state index in [9.17, 15) is 13.6 Å². The highest BCUT2D eigenvalue weighted by Crippen LogP contribution is 2.44. The summed E-state index contributed by atoms with van der Waals surface area (Å²) in [6.07, 6.45) is -4.00. The summed E-state index contributed by atoms with van der Waals surface area (Å²) in [5.41, 5.74) is -0.288. The number of hydrogen-bond donors (Lipinski definition) is 1. The van der Waals surface area contributed by atoms with Crippen molar-refractivity contribution >= 4 is 11.6 Å². The van der Waals surface area contributed by atoms with Crippen LogP contribution in [0.25, 0.3) is 0 Å². The second-order valence-corrected chi connectivity index (χ2v) is 7.70. The summed E-state index contributed by atoms with van der Waals surface area (Å²) in [6, 6.07) is 2.79. The highest BCUT2D eigenvalue weighted by molar-refractivity contribution is 5.95. The molecule has 0 aliphatic carbocycles. The number of ether oxygens (including phenoxy) is 5. The highest BCUT2D eigenvalue weighted by Gasteiger charge is 2.62. The van der Waals surface area contributed by atoms with E-state index in [1.54, 1.807) is 27.7 Å². The normalized spacial score (nSPS) is 36.1. The van der Waals surface area contributed by atoms with Crippen molar-refractivity contribution in [3.63, 3.8) is 0 Å². The van der Waals surface area contributed by atoms with E-state index in [-0.39, 0.29) is 5.69 Å². The van der Waals surface area contributed by atoms with Gasteiger partial charge in [0.25, 0.3) is 5.91 Å². The number of rotatable bonds is 2. The van der Waals surface area contributed by atoms with Crippen molar-refractivity contribution in [2.75, 3.05) is 5.32 Å². The summed E-state index contributed by atoms with van der Waals surface area (Å²) in [4.78, 5) is 12.8. The molecule has 3 fully saturated rings. The van der Waals surface area contributed by atoms with Gasteiger partial charge in [0.15, 0.2) is 24.0 Å². The van der Waals surface area contributed by atoms with E-state index >= 15 is 0 Å². The number of carbonyl (C=O) groups is 1. The Labute approximate surface area is 154 Å². The number of fused-ring (bicyclic) bond motifs is 3. The molecule has 0 spiro atoms. The van der Waals surface area contributed by atoms with Gasteiger partial charge in [-0.25, -0.2) is 8.78 Å². The Hall–Kier alpha value is -1.65. The first kappa shape index (κ1) is 18.7. The molecule has 27 heavy (non-hydrogen) atoms. The van der Waals surface area contributed by atoms with E-state index in [1.807, 2.05) is 0 Å². The molecule has 1 aromatic carbocycles. The van der Waals surface area contributed by atoms with Crippen molar-refractivity contribution in [3.8, 4) is 0 Å². The summed E-state index contributed by atoms with van der Waals surface area (Å²) in [6.45, 7) is 6.87. The molecule has 0 aromatic heterocycles. The van der Waals surface area contributed by atoms with Crippen LogP contribution in [0.15, 0.2) is 18.2 Å². The van der Waals surface area contributed by atoms with Crippen molar-refractivity contribution < 1.29 is 37.3 Å². The number of anilines is 1. The van der Waals surface area contributed by atoms with Crippen LogP contribution in [-0.2, 0) is 28.5 Å². The minimum Gasteiger partial charge on any atom is -0.342 e. The van der Waals surface area contributed by atoms with Crippen LogP contribution in [0.2, 0.25) is 0 Å². The zero-order valence-corrected chi connectivity index (χ0v) is 15.3. The van der Waals surface area contributed by atoms with Crippen LogP contribution in [0, 0.1) is 11.6 Å². The first-order valence-corrected chi connectivity index (χ1v) is 8.67. The molecule has 1 amide bonds. The van der Waals surface area contributed by atoms with Gasteiger partial charge >= 0.3 is 0 Å². The van der Waals surface area contributed by atoms with Crippen LogP contribution in [0.3, 0.4) is 0 Å². The average Bonchev–Trinajstić information content (AvgIpc) is 3.04. The number of halogens is 2. The molecule has 1 N–H and O–H groups in total. The minimum atomic E-state index is -1.15. The molecule has 0 bridgehead atoms. The van der Waals surface area contributed by atoms with Crippen molar-refractivity contribution in [3.05, 3.63) is 29.8 Å². The molecule has 3 aliphatic rings. The summed E-state index contributed by atoms with van der Waals surface area (Å²) in [5, 5.41) is 2.35. The molecule has 9 heteroatoms. The van der Waals surface area contributed by atoms with Crippen LogP contribution in [0.4, 0.5) is 14.5 Å². The van der Waals surface area contributed by atoms with Crippen molar-refractivity contribution in [1.29, 1.82) is 0 Å². The minimum absolute atomic E-state index is 0.288. The predicted molar refractivity (Wildman–Crippen MR) is 87.5 cm³/mol. The number of carbonyl (C=O) groups excluding carboxylic acids is 1. The van der Waals surface area contributed by atoms with E-state index in [2.05, 4.69) is 5.32 Å². The van der Waals surface area contributed by atoms with Crippen LogP contribution < -0.4 is 5.32 Å². The van der Waals surface area contributed by atoms with Gasteiger partial charge in [0.1, 0.15) is 29.9 Å². The van der Waals surface area contributed by atoms with Gasteiger partial charge in [-0.05, 0) is 39.8 Å². The average molecular weight is 385 g/mol. The Bertz CT molecular complexity index is 770. The van der Waals surface area contributed by atoms with E-state index in [4.69, 9.17) is 23.7 Å². The highest BCUT2D eigenvalue weighted by atomic mass is 19.1. The van der Waals surface area contributed by atoms with E-state index in [1.165, 1.54) is 0 Å². The molecule has 4 rings (SSSR count). The lowest BCUT2D eigenvalue weighted by Gasteiger charge is -2.36. The Balaban J connectivity index is 1.60. The topological polar surface area (TPSA) is 75.3 Å². The molecule has 0 radical (unpaired) electrons. The molecule has 1 aromatic rings. The Morgan fingerprint density at radius 3 is 2.33 bits per heavy atom. The summed E-state index contributed by atoms with van der Waals surface area (Å²) >= 11 is 0. The second-order valence-electron chi connectivity index (χ2n) is 7.70. The third-order valence-corrected chi connectivity index (χ3v) is 4.60. The lowest BCUT2D eigenvalue weighted by atomic mass is 9.98. The van der Waals surface area contributed by atoms with E-state index < -0.39 is 59.8 Å². The van der Waals surface area contributed by atoms with Crippen molar-refractivity contribution in [1.82, 2.24) is 0 Å². The van der Waals surface area contributed by atoms with Crippen LogP contribution >= 0.6 is 0 Å². The van der Waals surface area contributed by atoms with E-state index in [0.717, 1.165) is 18.2 Å². The fraction of sp³-hybridized carbons (Fsp3) is 0.611. The molecule has 7 nitrogen and oxygen atoms in total. The third-order valence-electron chi connectivity index (χ3n) is 4.60. The summed E-state index contributed by atoms with van der Waals surface area (Å²) in [7, 11) is 0. The number of benzene rings is 1. The Morgan fingerprint density at radius 2 is 1.59 bits per heavy atom. The first-order valence-electron chi connectivity index (χ1n) is 8.67. The van der Waals surface area contributed by atoms with Gasteiger partial charge in [0.05, 0.1) is 5.69 Å². The zero-order chi connectivity index (χ0) is 19.6. The summed E-state index contributed by atoms with van der Waals surface area (Å²) in [5.74, 6) is -4.02. The van der Waals surface area contributed by atoms with Crippen LogP contribution in [0.1, 0.15) is 27.7 Å². The monoisotopic (exact) mass is 385 g/mol. The summed E-state index contributed by atoms with van der Waals surface area (Å²) < 4.78 is 56.4. The van der Waals surface area contributed by atoms with Crippen LogP contribution in [0.5, 0.6) is 0 Å². The largest absolute Gasteiger partial charge is 0.342 e. The first-order chi connectivity index (χ1) is 12.5. The maximum Gasteiger partial charge on any atom is 0.256 e. The number of amides is 1. The van der Waals surface area contributed by atoms with Gasteiger partial charge in [0.2, 0.25) is 0 Å². The molecule has 5 atom stereocenters. The molecule has 3 heterocycles. The predicted octanol–water partition coefficient (Wildman–Crippen LogP) is 2.30. The quantitative estimate of drug-likeness (QED) is 0.842. The Morgan fingerprint density at radius 1 is 0.963 bits per heavy atom. The molecule has 3 aliphatic heterocycles. The van der Waals surface area contributed by atoms with Gasteiger partial charge in [-0.2, -0.15) is 0 Å². The van der Waals surface area contributed by atoms with Gasteiger partial charge in [-0.15, -0.1) is 0 Å².